The quantitative estimate of drug-likeness (QED) is 0.817. The van der Waals surface area contributed by atoms with Crippen LogP contribution in [0.4, 0.5) is 4.79 Å². The maximum absolute atomic E-state index is 11.7. The second-order valence-electron chi connectivity index (χ2n) is 7.36. The molecule has 0 radical (unpaired) electrons. The number of ether oxygens (including phenoxy) is 1. The lowest BCUT2D eigenvalue weighted by atomic mass is 9.57. The molecule has 0 atom stereocenters. The maximum Gasteiger partial charge on any atom is 0.407 e. The summed E-state index contributed by atoms with van der Waals surface area (Å²) in [6.07, 6.45) is 5.05. The smallest absolute Gasteiger partial charge is 0.407 e. The molecule has 0 saturated heterocycles. The Hall–Kier alpha value is -1.26. The van der Waals surface area contributed by atoms with Crippen LogP contribution in [-0.4, -0.2) is 28.8 Å². The van der Waals surface area contributed by atoms with Crippen LogP contribution < -0.4 is 5.32 Å². The van der Waals surface area contributed by atoms with Crippen molar-refractivity contribution < 1.29 is 19.4 Å². The molecule has 5 nitrogen and oxygen atoms in total. The third kappa shape index (κ3) is 3.64. The molecule has 2 aliphatic carbocycles. The molecule has 2 fully saturated rings. The number of carbonyl (C=O) groups is 2. The number of alkyl carbamates (subject to hydrolysis) is 1. The van der Waals surface area contributed by atoms with Crippen LogP contribution in [0.1, 0.15) is 59.3 Å². The van der Waals surface area contributed by atoms with Gasteiger partial charge in [-0.2, -0.15) is 0 Å². The van der Waals surface area contributed by atoms with Gasteiger partial charge in [0.2, 0.25) is 0 Å². The standard InChI is InChI=1S/C15H25NO4/c1-14(2,3)20-13(19)16-11-8-15(9-11)6-4-10(5-7-15)12(17)18/h10-11H,4-9H2,1-3H3,(H,16,19)(H,17,18). The minimum atomic E-state index is -0.664. The molecule has 0 aromatic carbocycles. The van der Waals surface area contributed by atoms with E-state index in [1.165, 1.54) is 0 Å². The number of amides is 1. The van der Waals surface area contributed by atoms with E-state index < -0.39 is 11.6 Å². The second kappa shape index (κ2) is 5.26. The highest BCUT2D eigenvalue weighted by Crippen LogP contribution is 2.52. The summed E-state index contributed by atoms with van der Waals surface area (Å²) in [5, 5.41) is 11.9. The van der Waals surface area contributed by atoms with Gasteiger partial charge in [-0.1, -0.05) is 0 Å². The number of carboxylic acids is 1. The molecule has 2 aliphatic rings. The maximum atomic E-state index is 11.7. The minimum absolute atomic E-state index is 0.168. The summed E-state index contributed by atoms with van der Waals surface area (Å²) in [6.45, 7) is 5.55. The van der Waals surface area contributed by atoms with Gasteiger partial charge in [-0.25, -0.2) is 4.79 Å². The average molecular weight is 283 g/mol. The van der Waals surface area contributed by atoms with E-state index in [2.05, 4.69) is 5.32 Å². The first-order valence-electron chi connectivity index (χ1n) is 7.41. The van der Waals surface area contributed by atoms with Crippen molar-refractivity contribution in [1.29, 1.82) is 0 Å². The summed E-state index contributed by atoms with van der Waals surface area (Å²) < 4.78 is 5.24. The summed E-state index contributed by atoms with van der Waals surface area (Å²) in [4.78, 5) is 22.6. The molecule has 2 saturated carbocycles. The number of aliphatic carboxylic acids is 1. The molecule has 114 valence electrons. The van der Waals surface area contributed by atoms with E-state index in [0.717, 1.165) is 38.5 Å². The Labute approximate surface area is 120 Å². The van der Waals surface area contributed by atoms with Gasteiger partial charge in [0.15, 0.2) is 0 Å². The van der Waals surface area contributed by atoms with Gasteiger partial charge in [-0.05, 0) is 64.7 Å². The van der Waals surface area contributed by atoms with Crippen molar-refractivity contribution in [3.63, 3.8) is 0 Å². The van der Waals surface area contributed by atoms with E-state index >= 15 is 0 Å². The van der Waals surface area contributed by atoms with E-state index in [9.17, 15) is 9.59 Å². The predicted octanol–water partition coefficient (Wildman–Crippen LogP) is 2.93. The second-order valence-corrected chi connectivity index (χ2v) is 7.36. The molecule has 0 heterocycles. The fraction of sp³-hybridized carbons (Fsp3) is 0.867. The Bertz CT molecular complexity index is 383. The Morgan fingerprint density at radius 2 is 1.75 bits per heavy atom. The molecule has 1 spiro atoms. The van der Waals surface area contributed by atoms with Gasteiger partial charge >= 0.3 is 12.1 Å². The molecule has 0 aliphatic heterocycles. The molecule has 1 amide bonds. The zero-order valence-corrected chi connectivity index (χ0v) is 12.6. The van der Waals surface area contributed by atoms with Crippen molar-refractivity contribution in [1.82, 2.24) is 5.32 Å². The lowest BCUT2D eigenvalue weighted by molar-refractivity contribution is -0.144. The van der Waals surface area contributed by atoms with Crippen molar-refractivity contribution in [2.75, 3.05) is 0 Å². The summed E-state index contributed by atoms with van der Waals surface area (Å²) >= 11 is 0. The number of rotatable bonds is 2. The van der Waals surface area contributed by atoms with E-state index in [4.69, 9.17) is 9.84 Å². The lowest BCUT2D eigenvalue weighted by Gasteiger charge is -2.51. The number of hydrogen-bond donors (Lipinski definition) is 2. The molecule has 2 N–H and O–H groups in total. The van der Waals surface area contributed by atoms with E-state index in [1.807, 2.05) is 20.8 Å². The van der Waals surface area contributed by atoms with Crippen LogP contribution in [0.2, 0.25) is 0 Å². The lowest BCUT2D eigenvalue weighted by Crippen LogP contribution is -2.53. The first kappa shape index (κ1) is 15.1. The van der Waals surface area contributed by atoms with Crippen molar-refractivity contribution >= 4 is 12.1 Å². The molecule has 0 aromatic heterocycles. The van der Waals surface area contributed by atoms with E-state index in [0.29, 0.717) is 0 Å². The number of nitrogens with one attached hydrogen (secondary N) is 1. The molecule has 2 rings (SSSR count). The summed E-state index contributed by atoms with van der Waals surface area (Å²) in [7, 11) is 0. The first-order valence-corrected chi connectivity index (χ1v) is 7.41. The monoisotopic (exact) mass is 283 g/mol. The molecule has 0 aromatic rings. The van der Waals surface area contributed by atoms with Gasteiger partial charge in [-0.15, -0.1) is 0 Å². The van der Waals surface area contributed by atoms with Crippen LogP contribution in [0.25, 0.3) is 0 Å². The zero-order chi connectivity index (χ0) is 15.0. The van der Waals surface area contributed by atoms with Gasteiger partial charge < -0.3 is 15.2 Å². The highest BCUT2D eigenvalue weighted by atomic mass is 16.6. The SMILES string of the molecule is CC(C)(C)OC(=O)NC1CC2(CCC(C(=O)O)CC2)C1. The average Bonchev–Trinajstić information content (AvgIpc) is 2.24. The number of carbonyl (C=O) groups excluding carboxylic acids is 1. The third-order valence-electron chi connectivity index (χ3n) is 4.48. The first-order chi connectivity index (χ1) is 9.19. The Balaban J connectivity index is 1.72. The topological polar surface area (TPSA) is 75.6 Å². The highest BCUT2D eigenvalue weighted by molar-refractivity contribution is 5.70. The Kier molecular flexibility index (Phi) is 3.98. The fourth-order valence-electron chi connectivity index (χ4n) is 3.45. The molecule has 0 unspecified atom stereocenters. The normalized spacial score (nSPS) is 33.4. The van der Waals surface area contributed by atoms with Gasteiger partial charge in [0, 0.05) is 6.04 Å². The fourth-order valence-corrected chi connectivity index (χ4v) is 3.45. The van der Waals surface area contributed by atoms with Crippen LogP contribution in [0, 0.1) is 11.3 Å². The van der Waals surface area contributed by atoms with E-state index in [1.54, 1.807) is 0 Å². The largest absolute Gasteiger partial charge is 0.481 e. The Morgan fingerprint density at radius 1 is 1.20 bits per heavy atom. The van der Waals surface area contributed by atoms with Crippen molar-refractivity contribution in [3.8, 4) is 0 Å². The van der Waals surface area contributed by atoms with Crippen LogP contribution >= 0.6 is 0 Å². The molecule has 0 bridgehead atoms. The van der Waals surface area contributed by atoms with Crippen molar-refractivity contribution in [3.05, 3.63) is 0 Å². The number of carboxylic acid groups (broad SMARTS) is 1. The van der Waals surface area contributed by atoms with Crippen LogP contribution in [0.5, 0.6) is 0 Å². The van der Waals surface area contributed by atoms with E-state index in [-0.39, 0.29) is 23.5 Å². The highest BCUT2D eigenvalue weighted by Gasteiger charge is 2.47. The van der Waals surface area contributed by atoms with Crippen molar-refractivity contribution in [2.45, 2.75) is 70.9 Å². The molecular weight excluding hydrogens is 258 g/mol. The van der Waals surface area contributed by atoms with Gasteiger partial charge in [0.05, 0.1) is 5.92 Å². The van der Waals surface area contributed by atoms with Gasteiger partial charge in [-0.3, -0.25) is 4.79 Å². The third-order valence-corrected chi connectivity index (χ3v) is 4.48. The molecular formula is C15H25NO4. The minimum Gasteiger partial charge on any atom is -0.481 e. The summed E-state index contributed by atoms with van der Waals surface area (Å²) in [5.41, 5.74) is -0.198. The van der Waals surface area contributed by atoms with Crippen LogP contribution in [-0.2, 0) is 9.53 Å². The molecule has 20 heavy (non-hydrogen) atoms. The summed E-state index contributed by atoms with van der Waals surface area (Å²) in [6, 6.07) is 0.186. The Morgan fingerprint density at radius 3 is 2.20 bits per heavy atom. The number of hydrogen-bond acceptors (Lipinski definition) is 3. The van der Waals surface area contributed by atoms with Gasteiger partial charge in [0.25, 0.3) is 0 Å². The zero-order valence-electron chi connectivity index (χ0n) is 12.6. The van der Waals surface area contributed by atoms with Crippen molar-refractivity contribution in [2.24, 2.45) is 11.3 Å². The van der Waals surface area contributed by atoms with Crippen LogP contribution in [0.3, 0.4) is 0 Å². The predicted molar refractivity (Wildman–Crippen MR) is 74.4 cm³/mol. The summed E-state index contributed by atoms with van der Waals surface area (Å²) in [5.74, 6) is -0.832. The molecule has 5 heteroatoms. The van der Waals surface area contributed by atoms with Crippen LogP contribution in [0.15, 0.2) is 0 Å². The van der Waals surface area contributed by atoms with Gasteiger partial charge in [0.1, 0.15) is 5.60 Å².